The van der Waals surface area contributed by atoms with E-state index < -0.39 is 41.4 Å². The van der Waals surface area contributed by atoms with Crippen molar-refractivity contribution in [2.45, 2.75) is 38.1 Å². The van der Waals surface area contributed by atoms with E-state index in [4.69, 9.17) is 11.6 Å². The summed E-state index contributed by atoms with van der Waals surface area (Å²) in [7, 11) is 1.34. The van der Waals surface area contributed by atoms with Gasteiger partial charge in [-0.15, -0.1) is 0 Å². The van der Waals surface area contributed by atoms with Crippen molar-refractivity contribution in [1.29, 1.82) is 0 Å². The maximum absolute atomic E-state index is 14.9. The van der Waals surface area contributed by atoms with Crippen LogP contribution >= 0.6 is 11.6 Å². The van der Waals surface area contributed by atoms with Gasteiger partial charge in [0.25, 0.3) is 0 Å². The highest BCUT2D eigenvalue weighted by Gasteiger charge is 2.46. The quantitative estimate of drug-likeness (QED) is 0.706. The number of rotatable bonds is 4. The average molecular weight is 440 g/mol. The maximum Gasteiger partial charge on any atom is 0.323 e. The zero-order valence-electron chi connectivity index (χ0n) is 16.6. The van der Waals surface area contributed by atoms with E-state index in [1.807, 2.05) is 0 Å². The van der Waals surface area contributed by atoms with Gasteiger partial charge in [-0.2, -0.15) is 0 Å². The normalized spacial score (nSPS) is 29.5. The SMILES string of the molecule is CN1C(=O)CC(C(=O)NC(c2c(F)ccc(Cl)c2F)C2CC3CCC2C3)CNC1=O. The minimum Gasteiger partial charge on any atom is -0.348 e. The average Bonchev–Trinajstić information content (AvgIpc) is 3.32. The second kappa shape index (κ2) is 8.13. The Morgan fingerprint density at radius 2 is 2.03 bits per heavy atom. The van der Waals surface area contributed by atoms with E-state index in [-0.39, 0.29) is 35.4 Å². The zero-order valence-corrected chi connectivity index (χ0v) is 17.3. The lowest BCUT2D eigenvalue weighted by molar-refractivity contribution is -0.133. The molecule has 2 N–H and O–H groups in total. The van der Waals surface area contributed by atoms with Gasteiger partial charge < -0.3 is 10.6 Å². The van der Waals surface area contributed by atoms with Crippen LogP contribution in [0.2, 0.25) is 5.02 Å². The standard InChI is InChI=1S/C21H24ClF2N3O3/c1-27-16(28)8-12(9-25-21(27)30)20(29)26-19(13-7-10-2-3-11(13)6-10)17-15(23)5-4-14(22)18(17)24/h4-5,10-13,19H,2-3,6-9H2,1H3,(H,25,30)(H,26,29). The van der Waals surface area contributed by atoms with Crippen molar-refractivity contribution in [2.75, 3.05) is 13.6 Å². The van der Waals surface area contributed by atoms with Gasteiger partial charge in [-0.25, -0.2) is 13.6 Å². The fraction of sp³-hybridized carbons (Fsp3) is 0.571. The number of amides is 4. The van der Waals surface area contributed by atoms with Crippen molar-refractivity contribution < 1.29 is 23.2 Å². The van der Waals surface area contributed by atoms with E-state index >= 15 is 0 Å². The number of carbonyl (C=O) groups excluding carboxylic acids is 3. The summed E-state index contributed by atoms with van der Waals surface area (Å²) in [6, 6.07) is 0.813. The summed E-state index contributed by atoms with van der Waals surface area (Å²) < 4.78 is 29.6. The molecule has 30 heavy (non-hydrogen) atoms. The fourth-order valence-corrected chi connectivity index (χ4v) is 5.41. The first-order valence-corrected chi connectivity index (χ1v) is 10.6. The van der Waals surface area contributed by atoms with E-state index in [1.165, 1.54) is 7.05 Å². The molecule has 0 radical (unpaired) electrons. The number of imide groups is 1. The van der Waals surface area contributed by atoms with Gasteiger partial charge in [0.2, 0.25) is 11.8 Å². The Morgan fingerprint density at radius 1 is 1.27 bits per heavy atom. The van der Waals surface area contributed by atoms with Crippen LogP contribution in [0.25, 0.3) is 0 Å². The minimum absolute atomic E-state index is 0.0231. The minimum atomic E-state index is -0.877. The molecule has 1 aromatic carbocycles. The van der Waals surface area contributed by atoms with Gasteiger partial charge in [0, 0.05) is 25.6 Å². The lowest BCUT2D eigenvalue weighted by Gasteiger charge is -2.33. The Morgan fingerprint density at radius 3 is 2.70 bits per heavy atom. The molecule has 2 saturated carbocycles. The monoisotopic (exact) mass is 439 g/mol. The molecule has 162 valence electrons. The lowest BCUT2D eigenvalue weighted by Crippen LogP contribution is -2.42. The molecule has 3 aliphatic rings. The molecule has 5 unspecified atom stereocenters. The number of hydrogen-bond donors (Lipinski definition) is 2. The van der Waals surface area contributed by atoms with Gasteiger partial charge in [0.1, 0.15) is 11.6 Å². The van der Waals surface area contributed by atoms with Crippen LogP contribution in [-0.2, 0) is 9.59 Å². The number of fused-ring (bicyclic) bond motifs is 2. The Hall–Kier alpha value is -2.22. The smallest absolute Gasteiger partial charge is 0.323 e. The van der Waals surface area contributed by atoms with Gasteiger partial charge in [-0.3, -0.25) is 14.5 Å². The Kier molecular flexibility index (Phi) is 5.70. The molecule has 2 bridgehead atoms. The third-order valence-corrected chi connectivity index (χ3v) is 7.17. The Balaban J connectivity index is 1.62. The molecule has 4 rings (SSSR count). The molecule has 1 heterocycles. The number of urea groups is 1. The highest BCUT2D eigenvalue weighted by Crippen LogP contribution is 2.53. The highest BCUT2D eigenvalue weighted by molar-refractivity contribution is 6.30. The van der Waals surface area contributed by atoms with Crippen LogP contribution in [0.5, 0.6) is 0 Å². The van der Waals surface area contributed by atoms with Crippen LogP contribution in [0.4, 0.5) is 13.6 Å². The van der Waals surface area contributed by atoms with E-state index in [0.29, 0.717) is 5.92 Å². The first-order valence-electron chi connectivity index (χ1n) is 10.2. The van der Waals surface area contributed by atoms with E-state index in [1.54, 1.807) is 0 Å². The number of hydrogen-bond acceptors (Lipinski definition) is 3. The largest absolute Gasteiger partial charge is 0.348 e. The zero-order chi connectivity index (χ0) is 21.6. The highest BCUT2D eigenvalue weighted by atomic mass is 35.5. The molecule has 9 heteroatoms. The number of halogens is 3. The maximum atomic E-state index is 14.9. The van der Waals surface area contributed by atoms with Crippen LogP contribution in [0, 0.1) is 35.3 Å². The molecular formula is C21H24ClF2N3O3. The van der Waals surface area contributed by atoms with Crippen molar-refractivity contribution in [1.82, 2.24) is 15.5 Å². The van der Waals surface area contributed by atoms with Gasteiger partial charge in [0.15, 0.2) is 0 Å². The predicted octanol–water partition coefficient (Wildman–Crippen LogP) is 3.40. The number of nitrogens with one attached hydrogen (secondary N) is 2. The molecule has 3 fully saturated rings. The predicted molar refractivity (Wildman–Crippen MR) is 105 cm³/mol. The molecule has 0 aromatic heterocycles. The summed E-state index contributed by atoms with van der Waals surface area (Å²) in [6.45, 7) is -0.0231. The van der Waals surface area contributed by atoms with Crippen LogP contribution < -0.4 is 10.6 Å². The summed E-state index contributed by atoms with van der Waals surface area (Å²) >= 11 is 5.92. The van der Waals surface area contributed by atoms with Crippen molar-refractivity contribution >= 4 is 29.4 Å². The molecule has 1 aromatic rings. The van der Waals surface area contributed by atoms with E-state index in [9.17, 15) is 23.2 Å². The first kappa shape index (κ1) is 21.0. The Labute approximate surface area is 178 Å². The molecule has 0 spiro atoms. The van der Waals surface area contributed by atoms with Crippen molar-refractivity contribution in [2.24, 2.45) is 23.7 Å². The lowest BCUT2D eigenvalue weighted by atomic mass is 9.80. The Bertz CT molecular complexity index is 896. The molecule has 4 amide bonds. The molecule has 5 atom stereocenters. The second-order valence-corrected chi connectivity index (χ2v) is 9.03. The molecule has 1 aliphatic heterocycles. The molecule has 1 saturated heterocycles. The summed E-state index contributed by atoms with van der Waals surface area (Å²) in [5.74, 6) is -2.76. The molecule has 6 nitrogen and oxygen atoms in total. The van der Waals surface area contributed by atoms with Crippen molar-refractivity contribution in [3.05, 3.63) is 34.4 Å². The van der Waals surface area contributed by atoms with Gasteiger partial charge in [0.05, 0.1) is 17.0 Å². The van der Waals surface area contributed by atoms with Gasteiger partial charge >= 0.3 is 6.03 Å². The van der Waals surface area contributed by atoms with E-state index in [2.05, 4.69) is 10.6 Å². The molecule has 2 aliphatic carbocycles. The van der Waals surface area contributed by atoms with Crippen molar-refractivity contribution in [3.8, 4) is 0 Å². The summed E-state index contributed by atoms with van der Waals surface area (Å²) in [5, 5.41) is 5.15. The second-order valence-electron chi connectivity index (χ2n) is 8.62. The van der Waals surface area contributed by atoms with Gasteiger partial charge in [-0.05, 0) is 49.1 Å². The van der Waals surface area contributed by atoms with Gasteiger partial charge in [-0.1, -0.05) is 18.0 Å². The van der Waals surface area contributed by atoms with Crippen LogP contribution in [0.1, 0.15) is 43.7 Å². The third-order valence-electron chi connectivity index (χ3n) is 6.88. The summed E-state index contributed by atoms with van der Waals surface area (Å²) in [6.07, 6.45) is 3.67. The summed E-state index contributed by atoms with van der Waals surface area (Å²) in [4.78, 5) is 37.9. The fourth-order valence-electron chi connectivity index (χ4n) is 5.24. The molecular weight excluding hydrogens is 416 g/mol. The first-order chi connectivity index (χ1) is 14.3. The summed E-state index contributed by atoms with van der Waals surface area (Å²) in [5.41, 5.74) is -0.227. The topological polar surface area (TPSA) is 78.5 Å². The van der Waals surface area contributed by atoms with Crippen LogP contribution in [0.3, 0.4) is 0 Å². The van der Waals surface area contributed by atoms with Crippen LogP contribution in [-0.4, -0.2) is 36.3 Å². The van der Waals surface area contributed by atoms with Crippen LogP contribution in [0.15, 0.2) is 12.1 Å². The number of benzene rings is 1. The van der Waals surface area contributed by atoms with Crippen molar-refractivity contribution in [3.63, 3.8) is 0 Å². The van der Waals surface area contributed by atoms with E-state index in [0.717, 1.165) is 42.7 Å². The number of carbonyl (C=O) groups is 3. The third kappa shape index (κ3) is 3.77. The number of nitrogens with zero attached hydrogens (tertiary/aromatic N) is 1.